The zero-order chi connectivity index (χ0) is 23.9. The van der Waals surface area contributed by atoms with E-state index in [0.717, 1.165) is 23.2 Å². The van der Waals surface area contributed by atoms with Gasteiger partial charge in [0.25, 0.3) is 0 Å². The molecule has 34 heavy (non-hydrogen) atoms. The average molecular weight is 469 g/mol. The summed E-state index contributed by atoms with van der Waals surface area (Å²) in [6, 6.07) is 24.7. The molecule has 0 fully saturated rings. The molecule has 0 bridgehead atoms. The van der Waals surface area contributed by atoms with Gasteiger partial charge in [-0.15, -0.1) is 11.3 Å². The van der Waals surface area contributed by atoms with Crippen molar-refractivity contribution in [3.05, 3.63) is 93.8 Å². The van der Waals surface area contributed by atoms with Crippen LogP contribution in [0.15, 0.2) is 72.1 Å². The molecule has 0 radical (unpaired) electrons. The van der Waals surface area contributed by atoms with E-state index in [1.165, 1.54) is 22.5 Å². The SMILES string of the molecule is COc1cc(/C=C(\C#N)c2nc(-c3ccc(Cc4ccccc4)cc3)cs2)cc(OC)c1OC. The van der Waals surface area contributed by atoms with Gasteiger partial charge in [-0.3, -0.25) is 0 Å². The quantitative estimate of drug-likeness (QED) is 0.277. The van der Waals surface area contributed by atoms with Crippen LogP contribution in [0.3, 0.4) is 0 Å². The predicted molar refractivity (Wildman–Crippen MR) is 136 cm³/mol. The molecule has 0 aliphatic carbocycles. The van der Waals surface area contributed by atoms with Crippen LogP contribution in [0.5, 0.6) is 17.2 Å². The van der Waals surface area contributed by atoms with Crippen molar-refractivity contribution in [2.24, 2.45) is 0 Å². The molecule has 0 N–H and O–H groups in total. The summed E-state index contributed by atoms with van der Waals surface area (Å²) in [7, 11) is 4.68. The Morgan fingerprint density at radius 3 is 2.15 bits per heavy atom. The maximum Gasteiger partial charge on any atom is 0.203 e. The molecule has 0 saturated carbocycles. The molecule has 170 valence electrons. The fourth-order valence-electron chi connectivity index (χ4n) is 3.65. The summed E-state index contributed by atoms with van der Waals surface area (Å²) in [5, 5.41) is 12.4. The van der Waals surface area contributed by atoms with E-state index in [1.54, 1.807) is 39.5 Å². The fourth-order valence-corrected chi connectivity index (χ4v) is 4.44. The Labute approximate surface area is 203 Å². The highest BCUT2D eigenvalue weighted by Crippen LogP contribution is 2.39. The molecule has 4 aromatic rings. The summed E-state index contributed by atoms with van der Waals surface area (Å²) in [6.07, 6.45) is 2.66. The Hall–Kier alpha value is -4.08. The van der Waals surface area contributed by atoms with Crippen LogP contribution < -0.4 is 14.2 Å². The number of nitriles is 1. The van der Waals surface area contributed by atoms with Gasteiger partial charge in [-0.25, -0.2) is 4.98 Å². The number of aromatic nitrogens is 1. The number of allylic oxidation sites excluding steroid dienone is 1. The van der Waals surface area contributed by atoms with Gasteiger partial charge in [0.05, 0.1) is 32.6 Å². The maximum atomic E-state index is 9.81. The molecular formula is C28H24N2O3S. The van der Waals surface area contributed by atoms with Crippen LogP contribution in [0.25, 0.3) is 22.9 Å². The summed E-state index contributed by atoms with van der Waals surface area (Å²) in [4.78, 5) is 4.72. The van der Waals surface area contributed by atoms with Crippen molar-refractivity contribution in [1.29, 1.82) is 5.26 Å². The highest BCUT2D eigenvalue weighted by molar-refractivity contribution is 7.11. The van der Waals surface area contributed by atoms with Crippen LogP contribution in [0.1, 0.15) is 21.7 Å². The zero-order valence-corrected chi connectivity index (χ0v) is 20.1. The van der Waals surface area contributed by atoms with Gasteiger partial charge in [0.1, 0.15) is 11.1 Å². The van der Waals surface area contributed by atoms with Gasteiger partial charge in [-0.05, 0) is 41.3 Å². The first-order valence-corrected chi connectivity index (χ1v) is 11.5. The molecule has 1 heterocycles. The van der Waals surface area contributed by atoms with Crippen LogP contribution in [0, 0.1) is 11.3 Å². The van der Waals surface area contributed by atoms with Gasteiger partial charge in [-0.2, -0.15) is 5.26 Å². The van der Waals surface area contributed by atoms with Crippen LogP contribution in [-0.4, -0.2) is 26.3 Å². The molecule has 0 unspecified atom stereocenters. The van der Waals surface area contributed by atoms with Crippen molar-refractivity contribution in [2.75, 3.05) is 21.3 Å². The number of benzene rings is 3. The van der Waals surface area contributed by atoms with E-state index in [9.17, 15) is 5.26 Å². The van der Waals surface area contributed by atoms with Crippen molar-refractivity contribution in [2.45, 2.75) is 6.42 Å². The van der Waals surface area contributed by atoms with Gasteiger partial charge in [0, 0.05) is 10.9 Å². The molecule has 0 saturated heterocycles. The molecule has 0 aliphatic heterocycles. The molecule has 0 spiro atoms. The smallest absolute Gasteiger partial charge is 0.203 e. The average Bonchev–Trinajstić information content (AvgIpc) is 3.37. The summed E-state index contributed by atoms with van der Waals surface area (Å²) in [6.45, 7) is 0. The normalized spacial score (nSPS) is 11.1. The summed E-state index contributed by atoms with van der Waals surface area (Å²) >= 11 is 1.44. The second kappa shape index (κ2) is 10.7. The molecule has 5 nitrogen and oxygen atoms in total. The zero-order valence-electron chi connectivity index (χ0n) is 19.2. The van der Waals surface area contributed by atoms with Crippen molar-refractivity contribution in [1.82, 2.24) is 4.98 Å². The molecule has 0 amide bonds. The van der Waals surface area contributed by atoms with E-state index in [4.69, 9.17) is 19.2 Å². The Bertz CT molecular complexity index is 1310. The Morgan fingerprint density at radius 2 is 1.56 bits per heavy atom. The number of hydrogen-bond donors (Lipinski definition) is 0. The van der Waals surface area contributed by atoms with Gasteiger partial charge < -0.3 is 14.2 Å². The topological polar surface area (TPSA) is 64.4 Å². The van der Waals surface area contributed by atoms with Crippen LogP contribution in [0.4, 0.5) is 0 Å². The Morgan fingerprint density at radius 1 is 0.912 bits per heavy atom. The van der Waals surface area contributed by atoms with Crippen molar-refractivity contribution < 1.29 is 14.2 Å². The molecule has 0 atom stereocenters. The van der Waals surface area contributed by atoms with E-state index in [0.29, 0.717) is 27.8 Å². The lowest BCUT2D eigenvalue weighted by molar-refractivity contribution is 0.324. The van der Waals surface area contributed by atoms with Gasteiger partial charge in [0.2, 0.25) is 5.75 Å². The van der Waals surface area contributed by atoms with E-state index >= 15 is 0 Å². The number of thiazole rings is 1. The minimum absolute atomic E-state index is 0.464. The third kappa shape index (κ3) is 5.11. The minimum Gasteiger partial charge on any atom is -0.493 e. The van der Waals surface area contributed by atoms with Gasteiger partial charge >= 0.3 is 0 Å². The third-order valence-corrected chi connectivity index (χ3v) is 6.23. The molecule has 6 heteroatoms. The molecule has 0 aliphatic rings. The number of nitrogens with zero attached hydrogens (tertiary/aromatic N) is 2. The van der Waals surface area contributed by atoms with Crippen LogP contribution in [0.2, 0.25) is 0 Å². The lowest BCUT2D eigenvalue weighted by atomic mass is 10.0. The van der Waals surface area contributed by atoms with E-state index < -0.39 is 0 Å². The second-order valence-electron chi connectivity index (χ2n) is 7.53. The largest absolute Gasteiger partial charge is 0.493 e. The highest BCUT2D eigenvalue weighted by atomic mass is 32.1. The minimum atomic E-state index is 0.464. The van der Waals surface area contributed by atoms with E-state index in [-0.39, 0.29) is 0 Å². The Kier molecular flexibility index (Phi) is 7.26. The number of hydrogen-bond acceptors (Lipinski definition) is 6. The number of methoxy groups -OCH3 is 3. The monoisotopic (exact) mass is 468 g/mol. The van der Waals surface area contributed by atoms with Crippen LogP contribution >= 0.6 is 11.3 Å². The first-order valence-electron chi connectivity index (χ1n) is 10.7. The van der Waals surface area contributed by atoms with Crippen molar-refractivity contribution >= 4 is 23.0 Å². The Balaban J connectivity index is 1.58. The number of rotatable bonds is 8. The molecule has 1 aromatic heterocycles. The lowest BCUT2D eigenvalue weighted by Gasteiger charge is -2.13. The summed E-state index contributed by atoms with van der Waals surface area (Å²) < 4.78 is 16.2. The third-order valence-electron chi connectivity index (χ3n) is 5.35. The van der Waals surface area contributed by atoms with Crippen LogP contribution in [-0.2, 0) is 6.42 Å². The first-order chi connectivity index (χ1) is 16.6. The predicted octanol–water partition coefficient (Wildman–Crippen LogP) is 6.49. The number of ether oxygens (including phenoxy) is 3. The molecule has 3 aromatic carbocycles. The van der Waals surface area contributed by atoms with E-state index in [1.807, 2.05) is 11.4 Å². The molecule has 4 rings (SSSR count). The van der Waals surface area contributed by atoms with Crippen molar-refractivity contribution in [3.8, 4) is 34.6 Å². The standard InChI is InChI=1S/C28H24N2O3S/c1-31-25-15-21(16-26(32-2)27(25)33-3)14-23(17-29)28-30-24(18-34-28)22-11-9-20(10-12-22)13-19-7-5-4-6-8-19/h4-12,14-16,18H,13H2,1-3H3/b23-14+. The van der Waals surface area contributed by atoms with Crippen molar-refractivity contribution in [3.63, 3.8) is 0 Å². The lowest BCUT2D eigenvalue weighted by Crippen LogP contribution is -1.95. The summed E-state index contributed by atoms with van der Waals surface area (Å²) in [5.74, 6) is 1.56. The van der Waals surface area contributed by atoms with Gasteiger partial charge in [-0.1, -0.05) is 54.6 Å². The van der Waals surface area contributed by atoms with Gasteiger partial charge in [0.15, 0.2) is 11.5 Å². The fraction of sp³-hybridized carbons (Fsp3) is 0.143. The second-order valence-corrected chi connectivity index (χ2v) is 8.38. The highest BCUT2D eigenvalue weighted by Gasteiger charge is 2.14. The summed E-state index contributed by atoms with van der Waals surface area (Å²) in [5.41, 5.74) is 5.60. The first kappa shape index (κ1) is 23.1. The van der Waals surface area contributed by atoms with E-state index in [2.05, 4.69) is 54.6 Å². The molecular weight excluding hydrogens is 444 g/mol. The maximum absolute atomic E-state index is 9.81.